The second-order valence-corrected chi connectivity index (χ2v) is 5.34. The minimum absolute atomic E-state index is 0.236. The van der Waals surface area contributed by atoms with E-state index in [4.69, 9.17) is 14.7 Å². The molecule has 5 nitrogen and oxygen atoms in total. The van der Waals surface area contributed by atoms with Crippen LogP contribution in [0.1, 0.15) is 32.2 Å². The monoisotopic (exact) mass is 271 g/mol. The summed E-state index contributed by atoms with van der Waals surface area (Å²) < 4.78 is 10.9. The highest BCUT2D eigenvalue weighted by Gasteiger charge is 2.18. The van der Waals surface area contributed by atoms with E-state index >= 15 is 0 Å². The van der Waals surface area contributed by atoms with Gasteiger partial charge in [-0.25, -0.2) is 0 Å². The maximum atomic E-state index is 6.04. The first-order valence-corrected chi connectivity index (χ1v) is 6.71. The van der Waals surface area contributed by atoms with E-state index in [1.807, 2.05) is 30.3 Å². The van der Waals surface area contributed by atoms with Crippen LogP contribution in [0.2, 0.25) is 0 Å². The number of nitrogens with zero attached hydrogens (tertiary/aromatic N) is 2. The number of para-hydroxylation sites is 1. The number of aromatic nitrogens is 2. The summed E-state index contributed by atoms with van der Waals surface area (Å²) in [5, 5.41) is 4.96. The summed E-state index contributed by atoms with van der Waals surface area (Å²) in [7, 11) is 0. The normalized spacial score (nSPS) is 13.2. The first kappa shape index (κ1) is 12.9. The van der Waals surface area contributed by atoms with Gasteiger partial charge in [-0.1, -0.05) is 37.2 Å². The van der Waals surface area contributed by atoms with E-state index in [9.17, 15) is 0 Å². The molecule has 0 saturated carbocycles. The molecule has 104 valence electrons. The van der Waals surface area contributed by atoms with Crippen molar-refractivity contribution in [1.29, 1.82) is 0 Å². The van der Waals surface area contributed by atoms with E-state index in [0.717, 1.165) is 17.4 Å². The molecule has 0 unspecified atom stereocenters. The minimum Gasteiger partial charge on any atom is -0.453 e. The summed E-state index contributed by atoms with van der Waals surface area (Å²) in [6.07, 6.45) is 0.807. The van der Waals surface area contributed by atoms with Crippen molar-refractivity contribution in [3.8, 4) is 11.6 Å². The van der Waals surface area contributed by atoms with Gasteiger partial charge in [0.2, 0.25) is 11.7 Å². The van der Waals surface area contributed by atoms with E-state index in [0.29, 0.717) is 23.4 Å². The summed E-state index contributed by atoms with van der Waals surface area (Å²) in [6.45, 7) is 4.22. The molecule has 0 fully saturated rings. The Bertz CT molecular complexity index is 682. The number of hydrogen-bond acceptors (Lipinski definition) is 5. The van der Waals surface area contributed by atoms with E-state index in [-0.39, 0.29) is 6.04 Å². The van der Waals surface area contributed by atoms with Crippen LogP contribution in [-0.2, 0) is 0 Å². The summed E-state index contributed by atoms with van der Waals surface area (Å²) in [5.74, 6) is 1.97. The predicted octanol–water partition coefficient (Wildman–Crippen LogP) is 3.53. The second kappa shape index (κ2) is 5.09. The van der Waals surface area contributed by atoms with Crippen molar-refractivity contribution in [3.05, 3.63) is 36.2 Å². The number of benzene rings is 1. The maximum Gasteiger partial charge on any atom is 0.243 e. The lowest BCUT2D eigenvalue weighted by molar-refractivity contribution is 0.335. The van der Waals surface area contributed by atoms with Crippen molar-refractivity contribution < 1.29 is 8.94 Å². The number of fused-ring (bicyclic) bond motifs is 1. The van der Waals surface area contributed by atoms with Gasteiger partial charge >= 0.3 is 0 Å². The van der Waals surface area contributed by atoms with Gasteiger partial charge in [-0.2, -0.15) is 4.98 Å². The molecule has 3 aromatic rings. The molecule has 0 radical (unpaired) electrons. The smallest absolute Gasteiger partial charge is 0.243 e. The molecular weight excluding hydrogens is 254 g/mol. The zero-order valence-electron chi connectivity index (χ0n) is 11.5. The molecule has 5 heteroatoms. The lowest BCUT2D eigenvalue weighted by Crippen LogP contribution is -2.13. The Morgan fingerprint density at radius 1 is 1.25 bits per heavy atom. The Balaban J connectivity index is 1.89. The Morgan fingerprint density at radius 3 is 2.80 bits per heavy atom. The van der Waals surface area contributed by atoms with Crippen LogP contribution in [0, 0.1) is 5.92 Å². The van der Waals surface area contributed by atoms with Gasteiger partial charge < -0.3 is 14.7 Å². The molecule has 0 aliphatic rings. The third-order valence-electron chi connectivity index (χ3n) is 3.13. The van der Waals surface area contributed by atoms with Gasteiger partial charge in [-0.3, -0.25) is 0 Å². The van der Waals surface area contributed by atoms with Gasteiger partial charge in [0.15, 0.2) is 5.76 Å². The van der Waals surface area contributed by atoms with Crippen LogP contribution in [0.4, 0.5) is 0 Å². The minimum atomic E-state index is -0.236. The van der Waals surface area contributed by atoms with Crippen molar-refractivity contribution in [1.82, 2.24) is 10.1 Å². The lowest BCUT2D eigenvalue weighted by Gasteiger charge is -2.08. The topological polar surface area (TPSA) is 78.1 Å². The Labute approximate surface area is 116 Å². The first-order chi connectivity index (χ1) is 9.63. The van der Waals surface area contributed by atoms with Crippen LogP contribution >= 0.6 is 0 Å². The molecule has 0 amide bonds. The molecular formula is C15H17N3O2. The second-order valence-electron chi connectivity index (χ2n) is 5.34. The fourth-order valence-corrected chi connectivity index (χ4v) is 2.19. The highest BCUT2D eigenvalue weighted by molar-refractivity contribution is 5.81. The lowest BCUT2D eigenvalue weighted by atomic mass is 10.0. The van der Waals surface area contributed by atoms with Crippen LogP contribution in [0.15, 0.2) is 39.3 Å². The van der Waals surface area contributed by atoms with Crippen LogP contribution in [0.3, 0.4) is 0 Å². The zero-order valence-corrected chi connectivity index (χ0v) is 11.5. The molecule has 2 aromatic heterocycles. The largest absolute Gasteiger partial charge is 0.453 e. The summed E-state index contributed by atoms with van der Waals surface area (Å²) in [5.41, 5.74) is 6.84. The molecule has 20 heavy (non-hydrogen) atoms. The molecule has 1 atom stereocenters. The fourth-order valence-electron chi connectivity index (χ4n) is 2.19. The molecule has 1 aromatic carbocycles. The first-order valence-electron chi connectivity index (χ1n) is 6.71. The van der Waals surface area contributed by atoms with E-state index in [1.165, 1.54) is 0 Å². The van der Waals surface area contributed by atoms with Gasteiger partial charge in [-0.15, -0.1) is 0 Å². The van der Waals surface area contributed by atoms with E-state index < -0.39 is 0 Å². The summed E-state index contributed by atoms with van der Waals surface area (Å²) in [4.78, 5) is 4.33. The molecule has 0 aliphatic carbocycles. The molecule has 2 N–H and O–H groups in total. The number of furan rings is 1. The maximum absolute atomic E-state index is 6.04. The molecule has 3 rings (SSSR count). The van der Waals surface area contributed by atoms with Gasteiger partial charge in [0.1, 0.15) is 5.58 Å². The molecule has 2 heterocycles. The molecule has 0 bridgehead atoms. The Morgan fingerprint density at radius 2 is 2.05 bits per heavy atom. The third-order valence-corrected chi connectivity index (χ3v) is 3.13. The fraction of sp³-hybridized carbons (Fsp3) is 0.333. The van der Waals surface area contributed by atoms with Crippen LogP contribution in [0.5, 0.6) is 0 Å². The van der Waals surface area contributed by atoms with Crippen molar-refractivity contribution >= 4 is 11.0 Å². The van der Waals surface area contributed by atoms with Crippen LogP contribution in [-0.4, -0.2) is 10.1 Å². The van der Waals surface area contributed by atoms with Crippen molar-refractivity contribution in [2.24, 2.45) is 11.7 Å². The molecule has 0 spiro atoms. The van der Waals surface area contributed by atoms with Gasteiger partial charge in [-0.05, 0) is 24.5 Å². The van der Waals surface area contributed by atoms with Crippen LogP contribution < -0.4 is 5.73 Å². The van der Waals surface area contributed by atoms with Crippen LogP contribution in [0.25, 0.3) is 22.6 Å². The van der Waals surface area contributed by atoms with E-state index in [2.05, 4.69) is 24.0 Å². The molecule has 0 aliphatic heterocycles. The summed E-state index contributed by atoms with van der Waals surface area (Å²) >= 11 is 0. The Hall–Kier alpha value is -2.14. The predicted molar refractivity (Wildman–Crippen MR) is 75.9 cm³/mol. The van der Waals surface area contributed by atoms with Crippen molar-refractivity contribution in [2.45, 2.75) is 26.3 Å². The zero-order chi connectivity index (χ0) is 14.1. The average Bonchev–Trinajstić information content (AvgIpc) is 3.04. The quantitative estimate of drug-likeness (QED) is 0.785. The van der Waals surface area contributed by atoms with Crippen molar-refractivity contribution in [3.63, 3.8) is 0 Å². The summed E-state index contributed by atoms with van der Waals surface area (Å²) in [6, 6.07) is 9.44. The van der Waals surface area contributed by atoms with Gasteiger partial charge in [0.05, 0.1) is 6.04 Å². The average molecular weight is 271 g/mol. The van der Waals surface area contributed by atoms with E-state index in [1.54, 1.807) is 0 Å². The number of hydrogen-bond donors (Lipinski definition) is 1. The highest BCUT2D eigenvalue weighted by Crippen LogP contribution is 2.27. The standard InChI is InChI=1S/C15H17N3O2/c1-9(2)7-11(16)15-17-14(18-20-15)13-8-10-5-3-4-6-12(10)19-13/h3-6,8-9,11H,7,16H2,1-2H3/t11-/m0/s1. The van der Waals surface area contributed by atoms with Gasteiger partial charge in [0.25, 0.3) is 0 Å². The highest BCUT2D eigenvalue weighted by atomic mass is 16.5. The van der Waals surface area contributed by atoms with Gasteiger partial charge in [0, 0.05) is 5.39 Å². The third kappa shape index (κ3) is 2.44. The number of nitrogens with two attached hydrogens (primary N) is 1. The Kier molecular flexibility index (Phi) is 3.28. The number of rotatable bonds is 4. The SMILES string of the molecule is CC(C)C[C@H](N)c1nc(-c2cc3ccccc3o2)no1. The van der Waals surface area contributed by atoms with Crippen molar-refractivity contribution in [2.75, 3.05) is 0 Å². The molecule has 0 saturated heterocycles.